The summed E-state index contributed by atoms with van der Waals surface area (Å²) in [6.07, 6.45) is 6.38. The summed E-state index contributed by atoms with van der Waals surface area (Å²) < 4.78 is 33.3. The molecule has 1 aliphatic rings. The largest absolute Gasteiger partial charge is 3.00 e. The Labute approximate surface area is 462 Å². The number of amides is 1. The molecule has 1 atom stereocenters. The first-order chi connectivity index (χ1) is 35.7. The summed E-state index contributed by atoms with van der Waals surface area (Å²) in [6, 6.07) is 6.59. The third kappa shape index (κ3) is 36.9. The number of hydrogen-bond donors (Lipinski definition) is 2. The number of carboxylic acids is 4. The van der Waals surface area contributed by atoms with Crippen LogP contribution in [0.2, 0.25) is 0 Å². The van der Waals surface area contributed by atoms with E-state index in [0.717, 1.165) is 43.5 Å². The number of hydrogen-bond acceptors (Lipinski definition) is 20. The minimum Gasteiger partial charge on any atom is -0.549 e. The van der Waals surface area contributed by atoms with E-state index in [1.54, 1.807) is 24.5 Å². The van der Waals surface area contributed by atoms with Crippen LogP contribution in [-0.4, -0.2) is 260 Å². The average Bonchev–Trinajstić information content (AvgIpc) is 3.34. The molecule has 0 spiro atoms. The summed E-state index contributed by atoms with van der Waals surface area (Å²) in [6.45, 7) is 10.3. The van der Waals surface area contributed by atoms with Gasteiger partial charge in [0, 0.05) is 124 Å². The molecule has 2 rings (SSSR count). The molecule has 0 aromatic heterocycles. The standard InChI is InChI=1S/C51H86N6O16S.Ga/c1-3-26-68-30-34-72-37-33-71-29-8-17-57(42(2)58)38-45(59)9-4-6-27-69-31-35-73-36-32-70-28-7-5-10-47(74)52-44-14-11-43(12-15-44)13-16-46(51(66)67)56-24-22-54(40-49(62)63)20-18-53(39-48(60)61)19-21-55(23-25-56)41-50(64)65;/h11-12,14-15,46H,3-10,13,16-41H2,1-2H3,(H,52,74)(H,60,61)(H,62,63)(H,64,65)(H,66,67);/q;+3/p-3. The molecule has 0 aliphatic carbocycles. The molecule has 0 bridgehead atoms. The van der Waals surface area contributed by atoms with Gasteiger partial charge in [0.1, 0.15) is 6.04 Å². The van der Waals surface area contributed by atoms with Crippen molar-refractivity contribution >= 4 is 78.3 Å². The summed E-state index contributed by atoms with van der Waals surface area (Å²) in [5.41, 5.74) is 1.70. The zero-order valence-corrected chi connectivity index (χ0v) is 47.7. The predicted molar refractivity (Wildman–Crippen MR) is 279 cm³/mol. The van der Waals surface area contributed by atoms with Crippen LogP contribution in [0.5, 0.6) is 0 Å². The van der Waals surface area contributed by atoms with E-state index in [2.05, 4.69) is 12.2 Å². The molecule has 1 amide bonds. The number of nitrogens with zero attached hydrogens (tertiary/aromatic N) is 5. The molecule has 22 nitrogen and oxygen atoms in total. The van der Waals surface area contributed by atoms with Crippen molar-refractivity contribution < 1.29 is 77.6 Å². The van der Waals surface area contributed by atoms with Gasteiger partial charge in [0.25, 0.3) is 0 Å². The first-order valence-electron chi connectivity index (χ1n) is 26.0. The van der Waals surface area contributed by atoms with E-state index in [-0.39, 0.29) is 96.8 Å². The molecule has 422 valence electrons. The number of aryl methyl sites for hydroxylation is 1. The Bertz CT molecular complexity index is 1730. The maximum absolute atomic E-state index is 12.7. The number of carboxylic acid groups (broad SMARTS) is 4. The van der Waals surface area contributed by atoms with Gasteiger partial charge >= 0.3 is 25.8 Å². The first kappa shape index (κ1) is 69.4. The first-order valence-corrected chi connectivity index (χ1v) is 26.4. The number of ketones is 1. The van der Waals surface area contributed by atoms with E-state index in [0.29, 0.717) is 116 Å². The second-order valence-corrected chi connectivity index (χ2v) is 18.5. The third-order valence-corrected chi connectivity index (χ3v) is 12.2. The predicted octanol–water partition coefficient (Wildman–Crippen LogP) is -1.44. The van der Waals surface area contributed by atoms with E-state index in [1.165, 1.54) is 6.92 Å². The molecule has 1 unspecified atom stereocenters. The fourth-order valence-electron chi connectivity index (χ4n) is 7.87. The van der Waals surface area contributed by atoms with Gasteiger partial charge in [-0.1, -0.05) is 31.3 Å². The fourth-order valence-corrected chi connectivity index (χ4v) is 8.13. The number of thiocarbonyl (C=S) groups is 1. The number of nitrogens with one attached hydrogen (secondary N) is 1. The smallest absolute Gasteiger partial charge is 0.549 e. The topological polar surface area (TPSA) is 275 Å². The van der Waals surface area contributed by atoms with E-state index in [4.69, 9.17) is 40.6 Å². The number of carbonyl (C=O) groups is 6. The molecular weight excluding hydrogens is 1050 g/mol. The Balaban J connectivity index is 0.0000281. The van der Waals surface area contributed by atoms with Gasteiger partial charge in [-0.05, 0) is 75.5 Å². The Morgan fingerprint density at radius 1 is 0.613 bits per heavy atom. The monoisotopic (exact) mass is 1140 g/mol. The van der Waals surface area contributed by atoms with Crippen LogP contribution in [0.25, 0.3) is 0 Å². The number of carbonyl (C=O) groups excluding carboxylic acids is 5. The van der Waals surface area contributed by atoms with Gasteiger partial charge in [-0.15, -0.1) is 0 Å². The maximum Gasteiger partial charge on any atom is 3.00 e. The number of anilines is 1. The summed E-state index contributed by atoms with van der Waals surface area (Å²) in [4.78, 5) is 80.3. The van der Waals surface area contributed by atoms with Crippen LogP contribution in [0.4, 0.5) is 5.69 Å². The molecule has 1 aromatic rings. The zero-order chi connectivity index (χ0) is 54.2. The normalized spacial score (nSPS) is 14.7. The Hall–Kier alpha value is -3.63. The van der Waals surface area contributed by atoms with Crippen LogP contribution in [0, 0.1) is 0 Å². The minimum atomic E-state index is -1.32. The van der Waals surface area contributed by atoms with Crippen molar-refractivity contribution in [2.75, 3.05) is 170 Å². The SMILES string of the molecule is CCCOCCOCCOCCCN(CC(=O)CCCCOCCOCCOCCCCC(=S)Nc1ccc(CCC(C(=O)O)N2CCN(CC(=O)[O-])CCN(CC(=O)[O-])CCN(CC(=O)[O-])CC2)cc1)C(C)=O.[Ga+3]. The van der Waals surface area contributed by atoms with Crippen LogP contribution in [0.1, 0.15) is 77.2 Å². The van der Waals surface area contributed by atoms with Crippen LogP contribution in [0.15, 0.2) is 24.3 Å². The van der Waals surface area contributed by atoms with Gasteiger partial charge < -0.3 is 73.4 Å². The van der Waals surface area contributed by atoms with Crippen molar-refractivity contribution in [2.24, 2.45) is 0 Å². The van der Waals surface area contributed by atoms with Crippen LogP contribution in [-0.2, 0) is 63.6 Å². The second-order valence-electron chi connectivity index (χ2n) is 18.0. The molecule has 1 saturated heterocycles. The molecule has 1 fully saturated rings. The number of aliphatic carboxylic acids is 4. The number of ether oxygens (including phenoxy) is 6. The van der Waals surface area contributed by atoms with Crippen molar-refractivity contribution in [1.82, 2.24) is 24.5 Å². The summed E-state index contributed by atoms with van der Waals surface area (Å²) in [5, 5.41) is 48.1. The van der Waals surface area contributed by atoms with E-state index in [1.807, 2.05) is 24.3 Å². The molecule has 75 heavy (non-hydrogen) atoms. The molecular formula is C51H83GaN6O16S. The van der Waals surface area contributed by atoms with E-state index >= 15 is 0 Å². The van der Waals surface area contributed by atoms with E-state index in [9.17, 15) is 49.2 Å². The summed E-state index contributed by atoms with van der Waals surface area (Å²) in [5.74, 6) is -5.14. The number of benzene rings is 1. The van der Waals surface area contributed by atoms with Crippen molar-refractivity contribution in [1.29, 1.82) is 0 Å². The van der Waals surface area contributed by atoms with Gasteiger partial charge in [0.2, 0.25) is 5.91 Å². The maximum atomic E-state index is 12.7. The molecule has 1 aliphatic heterocycles. The van der Waals surface area contributed by atoms with Crippen LogP contribution < -0.4 is 20.6 Å². The van der Waals surface area contributed by atoms with Gasteiger partial charge in [-0.2, -0.15) is 0 Å². The van der Waals surface area contributed by atoms with E-state index < -0.39 is 49.6 Å². The summed E-state index contributed by atoms with van der Waals surface area (Å²) in [7, 11) is 0. The zero-order valence-electron chi connectivity index (χ0n) is 44.4. The van der Waals surface area contributed by atoms with Crippen molar-refractivity contribution in [3.8, 4) is 0 Å². The Kier molecular flexibility index (Phi) is 41.0. The molecule has 1 heterocycles. The Morgan fingerprint density at radius 2 is 1.03 bits per heavy atom. The average molecular weight is 1140 g/mol. The van der Waals surface area contributed by atoms with Gasteiger partial charge in [0.05, 0.1) is 82.3 Å². The van der Waals surface area contributed by atoms with Crippen molar-refractivity contribution in [3.63, 3.8) is 0 Å². The molecule has 2 N–H and O–H groups in total. The van der Waals surface area contributed by atoms with Crippen LogP contribution >= 0.6 is 12.2 Å². The number of unbranched alkanes of at least 4 members (excludes halogenated alkanes) is 2. The number of Topliss-reactive ketones (excluding diaryl/α,β-unsaturated/α-hetero) is 1. The van der Waals surface area contributed by atoms with Crippen molar-refractivity contribution in [3.05, 3.63) is 29.8 Å². The van der Waals surface area contributed by atoms with Crippen LogP contribution in [0.3, 0.4) is 0 Å². The molecule has 0 saturated carbocycles. The Morgan fingerprint density at radius 3 is 1.45 bits per heavy atom. The van der Waals surface area contributed by atoms with Gasteiger partial charge in [-0.3, -0.25) is 34.0 Å². The molecule has 0 radical (unpaired) electrons. The molecule has 24 heteroatoms. The fraction of sp³-hybridized carbons (Fsp3) is 0.745. The minimum absolute atomic E-state index is 0. The van der Waals surface area contributed by atoms with Crippen molar-refractivity contribution in [2.45, 2.75) is 84.1 Å². The third-order valence-electron chi connectivity index (χ3n) is 11.9. The summed E-state index contributed by atoms with van der Waals surface area (Å²) >= 11 is 5.56. The van der Waals surface area contributed by atoms with Gasteiger partial charge in [-0.25, -0.2) is 0 Å². The number of rotatable bonds is 42. The quantitative estimate of drug-likeness (QED) is 0.0431. The second kappa shape index (κ2) is 44.4. The molecule has 1 aromatic carbocycles. The van der Waals surface area contributed by atoms with Gasteiger partial charge in [0.15, 0.2) is 5.78 Å².